The van der Waals surface area contributed by atoms with Gasteiger partial charge in [-0.25, -0.2) is 4.79 Å². The molecule has 23 heavy (non-hydrogen) atoms. The van der Waals surface area contributed by atoms with Crippen molar-refractivity contribution in [3.63, 3.8) is 0 Å². The Morgan fingerprint density at radius 3 is 2.74 bits per heavy atom. The Hall–Kier alpha value is -2.43. The van der Waals surface area contributed by atoms with Crippen molar-refractivity contribution in [3.05, 3.63) is 52.9 Å². The third-order valence-electron chi connectivity index (χ3n) is 3.91. The zero-order valence-electron chi connectivity index (χ0n) is 13.6. The molecule has 5 nitrogen and oxygen atoms in total. The smallest absolute Gasteiger partial charge is 0.331 e. The molecule has 1 heterocycles. The highest BCUT2D eigenvalue weighted by molar-refractivity contribution is 6.03. The Morgan fingerprint density at radius 1 is 1.30 bits per heavy atom. The number of hydrogen-bond acceptors (Lipinski definition) is 5. The van der Waals surface area contributed by atoms with Gasteiger partial charge in [0.2, 0.25) is 0 Å². The lowest BCUT2D eigenvalue weighted by Gasteiger charge is -2.28. The monoisotopic (exact) mass is 312 g/mol. The summed E-state index contributed by atoms with van der Waals surface area (Å²) >= 11 is 0. The first-order valence-electron chi connectivity index (χ1n) is 7.71. The van der Waals surface area contributed by atoms with E-state index in [1.54, 1.807) is 0 Å². The molecule has 2 aromatic rings. The Bertz CT molecular complexity index is 745. The first-order chi connectivity index (χ1) is 10.9. The van der Waals surface area contributed by atoms with Gasteiger partial charge in [0.1, 0.15) is 0 Å². The molecule has 0 bridgehead atoms. The van der Waals surface area contributed by atoms with Crippen LogP contribution in [-0.4, -0.2) is 16.8 Å². The molecule has 0 N–H and O–H groups in total. The van der Waals surface area contributed by atoms with E-state index >= 15 is 0 Å². The number of fused-ring (bicyclic) bond motifs is 1. The number of nitrogens with zero attached hydrogens (tertiary/aromatic N) is 2. The van der Waals surface area contributed by atoms with Crippen molar-refractivity contribution in [2.45, 2.75) is 40.0 Å². The summed E-state index contributed by atoms with van der Waals surface area (Å²) in [5.74, 6) is 0.344. The molecular formula is C18H20N2O3. The summed E-state index contributed by atoms with van der Waals surface area (Å²) in [7, 11) is 0. The molecule has 0 radical (unpaired) electrons. The highest BCUT2D eigenvalue weighted by Gasteiger charge is 2.35. The fourth-order valence-corrected chi connectivity index (χ4v) is 2.97. The standard InChI is InChI=1S/C18H20N2O3/c1-12(21)22-19-14-10-18(2,3)11-15-17(14)16(23-20-15)9-13-7-5-4-6-8-13/h4-8H,9-11H2,1-3H3. The Morgan fingerprint density at radius 2 is 2.04 bits per heavy atom. The van der Waals surface area contributed by atoms with Gasteiger partial charge >= 0.3 is 5.97 Å². The average Bonchev–Trinajstić information content (AvgIpc) is 2.87. The minimum absolute atomic E-state index is 0.00682. The molecule has 5 heteroatoms. The van der Waals surface area contributed by atoms with E-state index in [1.807, 2.05) is 30.3 Å². The fraction of sp³-hybridized carbons (Fsp3) is 0.389. The number of carbonyl (C=O) groups is 1. The number of oxime groups is 1. The van der Waals surface area contributed by atoms with Gasteiger partial charge in [0.25, 0.3) is 0 Å². The van der Waals surface area contributed by atoms with E-state index in [0.717, 1.165) is 41.1 Å². The molecule has 0 atom stereocenters. The van der Waals surface area contributed by atoms with Crippen LogP contribution in [0, 0.1) is 5.41 Å². The van der Waals surface area contributed by atoms with Crippen molar-refractivity contribution >= 4 is 11.7 Å². The predicted molar refractivity (Wildman–Crippen MR) is 86.2 cm³/mol. The van der Waals surface area contributed by atoms with Gasteiger partial charge in [-0.05, 0) is 23.8 Å². The molecule has 1 aromatic carbocycles. The molecule has 120 valence electrons. The number of aromatic nitrogens is 1. The van der Waals surface area contributed by atoms with Crippen LogP contribution in [0.1, 0.15) is 49.8 Å². The number of hydrogen-bond donors (Lipinski definition) is 0. The SMILES string of the molecule is CC(=O)ON=C1CC(C)(C)Cc2noc(Cc3ccccc3)c21. The molecule has 1 aromatic heterocycles. The molecular weight excluding hydrogens is 292 g/mol. The third kappa shape index (κ3) is 3.50. The van der Waals surface area contributed by atoms with Crippen LogP contribution in [0.3, 0.4) is 0 Å². The van der Waals surface area contributed by atoms with Gasteiger partial charge < -0.3 is 9.36 Å². The van der Waals surface area contributed by atoms with E-state index in [1.165, 1.54) is 6.92 Å². The summed E-state index contributed by atoms with van der Waals surface area (Å²) in [4.78, 5) is 16.0. The Balaban J connectivity index is 1.98. The molecule has 0 aliphatic heterocycles. The van der Waals surface area contributed by atoms with Crippen molar-refractivity contribution in [3.8, 4) is 0 Å². The molecule has 0 unspecified atom stereocenters. The van der Waals surface area contributed by atoms with E-state index in [4.69, 9.17) is 9.36 Å². The quantitative estimate of drug-likeness (QED) is 0.642. The van der Waals surface area contributed by atoms with Crippen molar-refractivity contribution < 1.29 is 14.2 Å². The van der Waals surface area contributed by atoms with Gasteiger partial charge in [0.05, 0.1) is 17.0 Å². The van der Waals surface area contributed by atoms with Gasteiger partial charge in [0, 0.05) is 13.3 Å². The van der Waals surface area contributed by atoms with Crippen LogP contribution in [0.15, 0.2) is 40.0 Å². The van der Waals surface area contributed by atoms with Gasteiger partial charge in [-0.3, -0.25) is 0 Å². The average molecular weight is 312 g/mol. The van der Waals surface area contributed by atoms with Crippen LogP contribution >= 0.6 is 0 Å². The molecule has 0 saturated heterocycles. The molecule has 0 saturated carbocycles. The summed E-state index contributed by atoms with van der Waals surface area (Å²) in [6.07, 6.45) is 2.18. The van der Waals surface area contributed by atoms with Crippen LogP contribution < -0.4 is 0 Å². The minimum Gasteiger partial charge on any atom is -0.360 e. The Labute approximate surface area is 135 Å². The maximum absolute atomic E-state index is 11.1. The van der Waals surface area contributed by atoms with Crippen LogP contribution in [0.5, 0.6) is 0 Å². The van der Waals surface area contributed by atoms with E-state index in [-0.39, 0.29) is 5.41 Å². The van der Waals surface area contributed by atoms with Gasteiger partial charge in [-0.2, -0.15) is 0 Å². The Kier molecular flexibility index (Phi) is 4.03. The van der Waals surface area contributed by atoms with Crippen molar-refractivity contribution in [2.75, 3.05) is 0 Å². The van der Waals surface area contributed by atoms with Crippen LogP contribution in [0.4, 0.5) is 0 Å². The highest BCUT2D eigenvalue weighted by Crippen LogP contribution is 2.36. The molecule has 1 aliphatic rings. The summed E-state index contributed by atoms with van der Waals surface area (Å²) in [6.45, 7) is 5.63. The normalized spacial score (nSPS) is 17.8. The lowest BCUT2D eigenvalue weighted by molar-refractivity contribution is -0.140. The van der Waals surface area contributed by atoms with Crippen molar-refractivity contribution in [1.29, 1.82) is 0 Å². The minimum atomic E-state index is -0.427. The molecule has 1 aliphatic carbocycles. The fourth-order valence-electron chi connectivity index (χ4n) is 2.97. The first-order valence-corrected chi connectivity index (χ1v) is 7.71. The van der Waals surface area contributed by atoms with Gasteiger partial charge in [-0.15, -0.1) is 0 Å². The van der Waals surface area contributed by atoms with Crippen molar-refractivity contribution in [2.24, 2.45) is 10.6 Å². The third-order valence-corrected chi connectivity index (χ3v) is 3.91. The van der Waals surface area contributed by atoms with Gasteiger partial charge in [0.15, 0.2) is 5.76 Å². The van der Waals surface area contributed by atoms with Crippen LogP contribution in [0.2, 0.25) is 0 Å². The maximum Gasteiger partial charge on any atom is 0.331 e. The van der Waals surface area contributed by atoms with Crippen LogP contribution in [0.25, 0.3) is 0 Å². The van der Waals surface area contributed by atoms with E-state index < -0.39 is 5.97 Å². The first kappa shape index (κ1) is 15.5. The molecule has 0 spiro atoms. The van der Waals surface area contributed by atoms with E-state index in [2.05, 4.69) is 24.2 Å². The second kappa shape index (κ2) is 5.99. The summed E-state index contributed by atoms with van der Waals surface area (Å²) < 4.78 is 5.58. The lowest BCUT2D eigenvalue weighted by Crippen LogP contribution is -2.28. The van der Waals surface area contributed by atoms with Gasteiger partial charge in [-0.1, -0.05) is 54.5 Å². The molecule has 3 rings (SSSR count). The number of rotatable bonds is 3. The summed E-state index contributed by atoms with van der Waals surface area (Å²) in [5.41, 5.74) is 3.67. The zero-order valence-corrected chi connectivity index (χ0v) is 13.6. The second-order valence-corrected chi connectivity index (χ2v) is 6.73. The lowest BCUT2D eigenvalue weighted by atomic mass is 9.75. The van der Waals surface area contributed by atoms with Crippen molar-refractivity contribution in [1.82, 2.24) is 5.16 Å². The van der Waals surface area contributed by atoms with E-state index in [9.17, 15) is 4.79 Å². The number of benzene rings is 1. The maximum atomic E-state index is 11.1. The molecule has 0 amide bonds. The predicted octanol–water partition coefficient (Wildman–Crippen LogP) is 3.51. The zero-order chi connectivity index (χ0) is 16.4. The number of carbonyl (C=O) groups excluding carboxylic acids is 1. The second-order valence-electron chi connectivity index (χ2n) is 6.73. The summed E-state index contributed by atoms with van der Waals surface area (Å²) in [5, 5.41) is 8.29. The topological polar surface area (TPSA) is 64.7 Å². The summed E-state index contributed by atoms with van der Waals surface area (Å²) in [6, 6.07) is 10.1. The van der Waals surface area contributed by atoms with E-state index in [0.29, 0.717) is 6.42 Å². The van der Waals surface area contributed by atoms with Crippen LogP contribution in [-0.2, 0) is 22.5 Å². The largest absolute Gasteiger partial charge is 0.360 e. The highest BCUT2D eigenvalue weighted by atomic mass is 16.7. The molecule has 0 fully saturated rings.